The first-order valence-corrected chi connectivity index (χ1v) is 4.44. The summed E-state index contributed by atoms with van der Waals surface area (Å²) in [4.78, 5) is 1.08. The van der Waals surface area contributed by atoms with Crippen molar-refractivity contribution in [3.63, 3.8) is 0 Å². The molecule has 0 aliphatic carbocycles. The maximum Gasteiger partial charge on any atom is 0.404 e. The Hall–Kier alpha value is -0.330. The van der Waals surface area contributed by atoms with Gasteiger partial charge in [0.25, 0.3) is 0 Å². The molecule has 0 aromatic rings. The minimum atomic E-state index is -4.29. The van der Waals surface area contributed by atoms with Crippen LogP contribution in [0.5, 0.6) is 0 Å². The second-order valence-corrected chi connectivity index (χ2v) is 3.42. The summed E-state index contributed by atoms with van der Waals surface area (Å²) in [5.74, 6) is 0. The molecule has 0 radical (unpaired) electrons. The van der Waals surface area contributed by atoms with Crippen LogP contribution in [0.4, 0.5) is 13.2 Å². The first-order chi connectivity index (χ1) is 6.29. The van der Waals surface area contributed by atoms with Gasteiger partial charge in [-0.3, -0.25) is 4.90 Å². The molecular weight excluding hydrogens is 197 g/mol. The fourth-order valence-electron chi connectivity index (χ4n) is 1.34. The van der Waals surface area contributed by atoms with Crippen LogP contribution in [0, 0.1) is 0 Å². The minimum absolute atomic E-state index is 0.00975. The van der Waals surface area contributed by atoms with E-state index in [0.29, 0.717) is 0 Å². The van der Waals surface area contributed by atoms with Crippen LogP contribution in [0.2, 0.25) is 0 Å². The summed E-state index contributed by atoms with van der Waals surface area (Å²) in [5.41, 5.74) is 5.11. The number of halogens is 3. The van der Waals surface area contributed by atoms with Gasteiger partial charge in [-0.2, -0.15) is 13.2 Å². The van der Waals surface area contributed by atoms with E-state index in [4.69, 9.17) is 10.8 Å². The Bertz CT molecular complexity index is 161. The fourth-order valence-corrected chi connectivity index (χ4v) is 1.34. The lowest BCUT2D eigenvalue weighted by Crippen LogP contribution is -2.47. The molecule has 0 aromatic heterocycles. The molecule has 0 spiro atoms. The molecule has 2 atom stereocenters. The van der Waals surface area contributed by atoms with Crippen LogP contribution in [0.3, 0.4) is 0 Å². The highest BCUT2D eigenvalue weighted by Crippen LogP contribution is 2.26. The van der Waals surface area contributed by atoms with Crippen LogP contribution < -0.4 is 5.73 Å². The van der Waals surface area contributed by atoms with Gasteiger partial charge in [0.05, 0.1) is 6.10 Å². The zero-order valence-electron chi connectivity index (χ0n) is 8.38. The maximum atomic E-state index is 12.4. The standard InChI is InChI=1S/C8H17F3N2O/c1-6(14)5-13(2)7(3-4-12)8(9,10)11/h6-7,14H,3-5,12H2,1-2H3. The van der Waals surface area contributed by atoms with Gasteiger partial charge in [-0.25, -0.2) is 0 Å². The van der Waals surface area contributed by atoms with Crippen molar-refractivity contribution in [1.29, 1.82) is 0 Å². The molecule has 0 amide bonds. The highest BCUT2D eigenvalue weighted by molar-refractivity contribution is 4.77. The van der Waals surface area contributed by atoms with E-state index in [1.54, 1.807) is 0 Å². The molecule has 0 heterocycles. The zero-order valence-corrected chi connectivity index (χ0v) is 8.38. The van der Waals surface area contributed by atoms with E-state index in [-0.39, 0.29) is 19.5 Å². The topological polar surface area (TPSA) is 49.5 Å². The normalized spacial score (nSPS) is 17.1. The van der Waals surface area contributed by atoms with Gasteiger partial charge in [0, 0.05) is 6.54 Å². The molecule has 0 saturated carbocycles. The third-order valence-electron chi connectivity index (χ3n) is 1.90. The molecule has 0 fully saturated rings. The average molecular weight is 214 g/mol. The Morgan fingerprint density at radius 2 is 1.93 bits per heavy atom. The van der Waals surface area contributed by atoms with Crippen LogP contribution in [0.1, 0.15) is 13.3 Å². The minimum Gasteiger partial charge on any atom is -0.392 e. The highest BCUT2D eigenvalue weighted by atomic mass is 19.4. The van der Waals surface area contributed by atoms with E-state index in [0.717, 1.165) is 4.90 Å². The van der Waals surface area contributed by atoms with Crippen molar-refractivity contribution in [2.75, 3.05) is 20.1 Å². The van der Waals surface area contributed by atoms with Crippen molar-refractivity contribution >= 4 is 0 Å². The number of aliphatic hydroxyl groups excluding tert-OH is 1. The van der Waals surface area contributed by atoms with E-state index < -0.39 is 18.3 Å². The number of likely N-dealkylation sites (N-methyl/N-ethyl adjacent to an activating group) is 1. The Morgan fingerprint density at radius 3 is 2.21 bits per heavy atom. The summed E-state index contributed by atoms with van der Waals surface area (Å²) >= 11 is 0. The molecular formula is C8H17F3N2O. The van der Waals surface area contributed by atoms with Crippen molar-refractivity contribution in [3.8, 4) is 0 Å². The predicted octanol–water partition coefficient (Wildman–Crippen LogP) is 0.579. The Kier molecular flexibility index (Phi) is 5.40. The van der Waals surface area contributed by atoms with Gasteiger partial charge < -0.3 is 10.8 Å². The van der Waals surface area contributed by atoms with Gasteiger partial charge >= 0.3 is 6.18 Å². The van der Waals surface area contributed by atoms with Crippen LogP contribution in [-0.2, 0) is 0 Å². The molecule has 2 unspecified atom stereocenters. The van der Waals surface area contributed by atoms with E-state index in [9.17, 15) is 13.2 Å². The number of nitrogens with zero attached hydrogens (tertiary/aromatic N) is 1. The molecule has 0 saturated heterocycles. The Morgan fingerprint density at radius 1 is 1.43 bits per heavy atom. The van der Waals surface area contributed by atoms with Crippen LogP contribution >= 0.6 is 0 Å². The quantitative estimate of drug-likeness (QED) is 0.703. The summed E-state index contributed by atoms with van der Waals surface area (Å²) in [6, 6.07) is -1.57. The van der Waals surface area contributed by atoms with Crippen molar-refractivity contribution in [1.82, 2.24) is 4.90 Å². The second-order valence-electron chi connectivity index (χ2n) is 3.42. The van der Waals surface area contributed by atoms with Gasteiger partial charge in [0.2, 0.25) is 0 Å². The summed E-state index contributed by atoms with van der Waals surface area (Å²) in [7, 11) is 1.33. The smallest absolute Gasteiger partial charge is 0.392 e. The molecule has 3 N–H and O–H groups in total. The summed E-state index contributed by atoms with van der Waals surface area (Å²) < 4.78 is 37.3. The molecule has 0 bridgehead atoms. The second kappa shape index (κ2) is 5.53. The number of nitrogens with two attached hydrogens (primary N) is 1. The number of rotatable bonds is 5. The highest BCUT2D eigenvalue weighted by Gasteiger charge is 2.41. The fraction of sp³-hybridized carbons (Fsp3) is 1.00. The van der Waals surface area contributed by atoms with Crippen molar-refractivity contribution in [2.45, 2.75) is 31.7 Å². The third kappa shape index (κ3) is 4.78. The molecule has 0 aromatic carbocycles. The summed E-state index contributed by atoms with van der Waals surface area (Å²) in [6.45, 7) is 1.42. The lowest BCUT2D eigenvalue weighted by atomic mass is 10.1. The molecule has 0 rings (SSSR count). The zero-order chi connectivity index (χ0) is 11.4. The lowest BCUT2D eigenvalue weighted by Gasteiger charge is -2.30. The van der Waals surface area contributed by atoms with E-state index >= 15 is 0 Å². The van der Waals surface area contributed by atoms with Crippen LogP contribution in [0.25, 0.3) is 0 Å². The molecule has 14 heavy (non-hydrogen) atoms. The number of alkyl halides is 3. The molecule has 0 aliphatic rings. The number of hydrogen-bond acceptors (Lipinski definition) is 3. The third-order valence-corrected chi connectivity index (χ3v) is 1.90. The van der Waals surface area contributed by atoms with E-state index in [2.05, 4.69) is 0 Å². The van der Waals surface area contributed by atoms with Gasteiger partial charge in [-0.05, 0) is 26.9 Å². The molecule has 3 nitrogen and oxygen atoms in total. The average Bonchev–Trinajstić information content (AvgIpc) is 1.96. The first kappa shape index (κ1) is 13.7. The van der Waals surface area contributed by atoms with Gasteiger partial charge in [0.15, 0.2) is 0 Å². The number of aliphatic hydroxyl groups is 1. The van der Waals surface area contributed by atoms with E-state index in [1.807, 2.05) is 0 Å². The Labute approximate surface area is 81.7 Å². The van der Waals surface area contributed by atoms with Crippen molar-refractivity contribution in [2.24, 2.45) is 5.73 Å². The molecule has 86 valence electrons. The monoisotopic (exact) mass is 214 g/mol. The van der Waals surface area contributed by atoms with Crippen molar-refractivity contribution in [3.05, 3.63) is 0 Å². The van der Waals surface area contributed by atoms with Crippen LogP contribution in [0.15, 0.2) is 0 Å². The SMILES string of the molecule is CC(O)CN(C)C(CCN)C(F)(F)F. The van der Waals surface area contributed by atoms with Crippen molar-refractivity contribution < 1.29 is 18.3 Å². The summed E-state index contributed by atoms with van der Waals surface area (Å²) in [6.07, 6.45) is -5.21. The largest absolute Gasteiger partial charge is 0.404 e. The molecule has 0 aliphatic heterocycles. The van der Waals surface area contributed by atoms with E-state index in [1.165, 1.54) is 14.0 Å². The number of hydrogen-bond donors (Lipinski definition) is 2. The van der Waals surface area contributed by atoms with Crippen LogP contribution in [-0.4, -0.2) is 48.5 Å². The lowest BCUT2D eigenvalue weighted by molar-refractivity contribution is -0.183. The first-order valence-electron chi connectivity index (χ1n) is 4.44. The molecule has 6 heteroatoms. The Balaban J connectivity index is 4.33. The summed E-state index contributed by atoms with van der Waals surface area (Å²) in [5, 5.41) is 8.97. The predicted molar refractivity (Wildman–Crippen MR) is 47.8 cm³/mol. The van der Waals surface area contributed by atoms with Gasteiger partial charge in [-0.1, -0.05) is 0 Å². The van der Waals surface area contributed by atoms with Gasteiger partial charge in [0.1, 0.15) is 6.04 Å². The van der Waals surface area contributed by atoms with Gasteiger partial charge in [-0.15, -0.1) is 0 Å². The maximum absolute atomic E-state index is 12.4.